The molecule has 1 aromatic rings. The number of piperidine rings is 1. The van der Waals surface area contributed by atoms with E-state index >= 15 is 0 Å². The highest BCUT2D eigenvalue weighted by molar-refractivity contribution is 5.54. The minimum Gasteiger partial charge on any atom is -0.370 e. The number of nitriles is 1. The van der Waals surface area contributed by atoms with Gasteiger partial charge in [0, 0.05) is 30.9 Å². The minimum atomic E-state index is 0.403. The van der Waals surface area contributed by atoms with Crippen LogP contribution < -0.4 is 10.6 Å². The van der Waals surface area contributed by atoms with E-state index in [0.717, 1.165) is 50.1 Å². The molecular formula is C17H24N4. The average molecular weight is 284 g/mol. The third-order valence-electron chi connectivity index (χ3n) is 4.95. The molecule has 0 aliphatic carbocycles. The Labute approximate surface area is 127 Å². The van der Waals surface area contributed by atoms with E-state index in [2.05, 4.69) is 28.0 Å². The van der Waals surface area contributed by atoms with Crippen molar-refractivity contribution in [2.24, 2.45) is 5.73 Å². The van der Waals surface area contributed by atoms with Gasteiger partial charge in [0.25, 0.3) is 0 Å². The van der Waals surface area contributed by atoms with Crippen LogP contribution in [-0.4, -0.2) is 43.2 Å². The molecular weight excluding hydrogens is 260 g/mol. The van der Waals surface area contributed by atoms with Gasteiger partial charge in [0.1, 0.15) is 0 Å². The Hall–Kier alpha value is -1.57. The molecule has 0 aromatic heterocycles. The summed E-state index contributed by atoms with van der Waals surface area (Å²) in [6, 6.07) is 9.47. The van der Waals surface area contributed by atoms with Gasteiger partial charge >= 0.3 is 0 Å². The number of nitrogens with zero attached hydrogens (tertiary/aromatic N) is 3. The van der Waals surface area contributed by atoms with Crippen molar-refractivity contribution < 1.29 is 0 Å². The molecule has 2 saturated heterocycles. The maximum Gasteiger partial charge on any atom is 0.0994 e. The summed E-state index contributed by atoms with van der Waals surface area (Å²) in [5.41, 5.74) is 9.10. The molecule has 4 heteroatoms. The van der Waals surface area contributed by atoms with Crippen LogP contribution in [0.5, 0.6) is 0 Å². The lowest BCUT2D eigenvalue weighted by atomic mass is 10.0. The first kappa shape index (κ1) is 14.4. The molecule has 0 radical (unpaired) electrons. The van der Waals surface area contributed by atoms with Gasteiger partial charge in [0.15, 0.2) is 0 Å². The maximum absolute atomic E-state index is 9.03. The van der Waals surface area contributed by atoms with Crippen LogP contribution in [0.1, 0.15) is 30.4 Å². The molecule has 112 valence electrons. The first-order valence-electron chi connectivity index (χ1n) is 7.92. The van der Waals surface area contributed by atoms with Crippen molar-refractivity contribution in [3.63, 3.8) is 0 Å². The summed E-state index contributed by atoms with van der Waals surface area (Å²) in [6.07, 6.45) is 3.49. The Morgan fingerprint density at radius 3 is 2.62 bits per heavy atom. The van der Waals surface area contributed by atoms with Gasteiger partial charge in [-0.05, 0) is 63.0 Å². The monoisotopic (exact) mass is 284 g/mol. The van der Waals surface area contributed by atoms with E-state index in [9.17, 15) is 0 Å². The fourth-order valence-corrected chi connectivity index (χ4v) is 3.53. The molecule has 1 unspecified atom stereocenters. The first-order chi connectivity index (χ1) is 10.2. The molecule has 3 rings (SSSR count). The van der Waals surface area contributed by atoms with Gasteiger partial charge < -0.3 is 10.6 Å². The van der Waals surface area contributed by atoms with Crippen LogP contribution in [0.4, 0.5) is 5.69 Å². The van der Waals surface area contributed by atoms with Crippen molar-refractivity contribution in [3.8, 4) is 6.07 Å². The second-order valence-electron chi connectivity index (χ2n) is 6.37. The van der Waals surface area contributed by atoms with Gasteiger partial charge in [-0.3, -0.25) is 4.90 Å². The van der Waals surface area contributed by atoms with E-state index < -0.39 is 0 Å². The zero-order valence-electron chi connectivity index (χ0n) is 12.8. The number of aryl methyl sites for hydroxylation is 1. The second-order valence-corrected chi connectivity index (χ2v) is 6.37. The Bertz CT molecular complexity index is 540. The first-order valence-corrected chi connectivity index (χ1v) is 7.92. The lowest BCUT2D eigenvalue weighted by molar-refractivity contribution is 0.163. The lowest BCUT2D eigenvalue weighted by Gasteiger charge is -2.34. The van der Waals surface area contributed by atoms with Gasteiger partial charge in [0.05, 0.1) is 11.6 Å². The molecule has 2 aliphatic rings. The molecule has 1 aromatic carbocycles. The molecule has 2 N–H and O–H groups in total. The summed E-state index contributed by atoms with van der Waals surface area (Å²) in [5.74, 6) is 0. The zero-order chi connectivity index (χ0) is 14.8. The Kier molecular flexibility index (Phi) is 4.14. The van der Waals surface area contributed by atoms with Gasteiger partial charge in [-0.15, -0.1) is 0 Å². The maximum atomic E-state index is 9.03. The highest BCUT2D eigenvalue weighted by Gasteiger charge is 2.29. The number of benzene rings is 1. The standard InChI is InChI=1S/C17H24N4/c1-13-10-16(3-2-14(13)11-18)21-9-6-17(12-21)20-7-4-15(19)5-8-20/h2-3,10,15,17H,4-9,12,19H2,1H3. The number of hydrogen-bond donors (Lipinski definition) is 1. The number of rotatable bonds is 2. The topological polar surface area (TPSA) is 56.3 Å². The summed E-state index contributed by atoms with van der Waals surface area (Å²) in [6.45, 7) is 6.51. The molecule has 2 aliphatic heterocycles. The van der Waals surface area contributed by atoms with Crippen molar-refractivity contribution >= 4 is 5.69 Å². The van der Waals surface area contributed by atoms with Crippen LogP contribution in [-0.2, 0) is 0 Å². The van der Waals surface area contributed by atoms with Crippen molar-refractivity contribution in [2.45, 2.75) is 38.3 Å². The van der Waals surface area contributed by atoms with E-state index in [-0.39, 0.29) is 0 Å². The predicted octanol–water partition coefficient (Wildman–Crippen LogP) is 1.87. The van der Waals surface area contributed by atoms with E-state index in [1.54, 1.807) is 0 Å². The Morgan fingerprint density at radius 2 is 1.95 bits per heavy atom. The molecule has 1 atom stereocenters. The van der Waals surface area contributed by atoms with Gasteiger partial charge in [-0.25, -0.2) is 0 Å². The predicted molar refractivity (Wildman–Crippen MR) is 85.3 cm³/mol. The highest BCUT2D eigenvalue weighted by atomic mass is 15.3. The van der Waals surface area contributed by atoms with Crippen LogP contribution >= 0.6 is 0 Å². The molecule has 0 saturated carbocycles. The largest absolute Gasteiger partial charge is 0.370 e. The minimum absolute atomic E-state index is 0.403. The second kappa shape index (κ2) is 6.05. The van der Waals surface area contributed by atoms with Crippen molar-refractivity contribution in [1.29, 1.82) is 5.26 Å². The van der Waals surface area contributed by atoms with Gasteiger partial charge in [-0.2, -0.15) is 5.26 Å². The van der Waals surface area contributed by atoms with E-state index in [1.165, 1.54) is 12.1 Å². The molecule has 4 nitrogen and oxygen atoms in total. The third-order valence-corrected chi connectivity index (χ3v) is 4.95. The average Bonchev–Trinajstić information content (AvgIpc) is 2.98. The summed E-state index contributed by atoms with van der Waals surface area (Å²) in [7, 11) is 0. The summed E-state index contributed by atoms with van der Waals surface area (Å²) < 4.78 is 0. The fourth-order valence-electron chi connectivity index (χ4n) is 3.53. The normalized spacial score (nSPS) is 24.2. The van der Waals surface area contributed by atoms with Crippen molar-refractivity contribution in [3.05, 3.63) is 29.3 Å². The summed E-state index contributed by atoms with van der Waals surface area (Å²) in [4.78, 5) is 5.06. The van der Waals surface area contributed by atoms with Crippen LogP contribution in [0.15, 0.2) is 18.2 Å². The van der Waals surface area contributed by atoms with Crippen molar-refractivity contribution in [1.82, 2.24) is 4.90 Å². The number of anilines is 1. The number of likely N-dealkylation sites (tertiary alicyclic amines) is 1. The fraction of sp³-hybridized carbons (Fsp3) is 0.588. The quantitative estimate of drug-likeness (QED) is 0.901. The molecule has 21 heavy (non-hydrogen) atoms. The highest BCUT2D eigenvalue weighted by Crippen LogP contribution is 2.26. The van der Waals surface area contributed by atoms with Crippen molar-refractivity contribution in [2.75, 3.05) is 31.1 Å². The number of hydrogen-bond acceptors (Lipinski definition) is 4. The van der Waals surface area contributed by atoms with Crippen LogP contribution in [0, 0.1) is 18.3 Å². The molecule has 2 heterocycles. The van der Waals surface area contributed by atoms with Crippen LogP contribution in [0.3, 0.4) is 0 Å². The Morgan fingerprint density at radius 1 is 1.19 bits per heavy atom. The smallest absolute Gasteiger partial charge is 0.0994 e. The third kappa shape index (κ3) is 3.04. The van der Waals surface area contributed by atoms with Gasteiger partial charge in [-0.1, -0.05) is 0 Å². The number of nitrogens with two attached hydrogens (primary N) is 1. The lowest BCUT2D eigenvalue weighted by Crippen LogP contribution is -2.46. The zero-order valence-corrected chi connectivity index (χ0v) is 12.8. The molecule has 2 fully saturated rings. The molecule has 0 spiro atoms. The van der Waals surface area contributed by atoms with Gasteiger partial charge in [0.2, 0.25) is 0 Å². The Balaban J connectivity index is 1.64. The van der Waals surface area contributed by atoms with E-state index in [1.807, 2.05) is 13.0 Å². The molecule has 0 bridgehead atoms. The summed E-state index contributed by atoms with van der Waals surface area (Å²) >= 11 is 0. The van der Waals surface area contributed by atoms with E-state index in [4.69, 9.17) is 11.0 Å². The SMILES string of the molecule is Cc1cc(N2CCC(N3CCC(N)CC3)C2)ccc1C#N. The molecule has 0 amide bonds. The van der Waals surface area contributed by atoms with Crippen LogP contribution in [0.25, 0.3) is 0 Å². The van der Waals surface area contributed by atoms with E-state index in [0.29, 0.717) is 12.1 Å². The summed E-state index contributed by atoms with van der Waals surface area (Å²) in [5, 5.41) is 9.03. The van der Waals surface area contributed by atoms with Crippen LogP contribution in [0.2, 0.25) is 0 Å².